The van der Waals surface area contributed by atoms with Gasteiger partial charge in [-0.25, -0.2) is 19.2 Å². The second-order valence-corrected chi connectivity index (χ2v) is 14.1. The molecule has 3 aliphatic rings. The van der Waals surface area contributed by atoms with Crippen LogP contribution in [0.1, 0.15) is 102 Å². The van der Waals surface area contributed by atoms with Crippen molar-refractivity contribution in [3.8, 4) is 11.5 Å². The molecule has 0 bridgehead atoms. The lowest BCUT2D eigenvalue weighted by atomic mass is 9.98. The largest absolute Gasteiger partial charge is 0.511 e. The average Bonchev–Trinajstić information content (AvgIpc) is 3.52. The topological polar surface area (TPSA) is 174 Å². The number of fused-ring (bicyclic) bond motifs is 1. The molecule has 2 N–H and O–H groups in total. The van der Waals surface area contributed by atoms with Gasteiger partial charge in [-0.3, -0.25) is 0 Å². The van der Waals surface area contributed by atoms with Crippen molar-refractivity contribution >= 4 is 35.9 Å². The Kier molecular flexibility index (Phi) is 14.1. The number of aliphatic hydroxyl groups excluding tert-OH is 1. The summed E-state index contributed by atoms with van der Waals surface area (Å²) in [6.07, 6.45) is 2.60. The molecule has 5 rings (SSSR count). The Morgan fingerprint density at radius 2 is 1.32 bits per heavy atom. The highest BCUT2D eigenvalue weighted by Gasteiger charge is 2.61. The molecular weight excluding hydrogens is 714 g/mol. The Morgan fingerprint density at radius 1 is 0.774 bits per heavy atom. The van der Waals surface area contributed by atoms with E-state index in [1.807, 2.05) is 6.92 Å². The number of nitrogens with one attached hydrogen (secondary N) is 1. The number of halogens is 1. The van der Waals surface area contributed by atoms with Gasteiger partial charge < -0.3 is 48.3 Å². The molecule has 2 aromatic rings. The third-order valence-corrected chi connectivity index (χ3v) is 9.42. The quantitative estimate of drug-likeness (QED) is 0.0889. The Bertz CT molecular complexity index is 1520. The standard InChI is InChI=1S/C38H48ClNO13/c1-23(40-22-31(41)27-11-10-12-28(39)21-27)19-26-17-18-32-33(20-26)53-38(52-32,34(42)46-24(2)48-36(44)50-29-13-6-4-7-14-29)35(43)47-25(3)49-37(45)51-30-15-8-5-9-16-30/h10-12,17-18,20-21,23-25,29-31,40-41H,4-9,13-16,19,22H2,1-3H3/t23-,24?,25?,31+,38?/m1/s1. The van der Waals surface area contributed by atoms with Crippen LogP contribution in [0.3, 0.4) is 0 Å². The number of esters is 2. The predicted octanol–water partition coefficient (Wildman–Crippen LogP) is 6.81. The molecule has 53 heavy (non-hydrogen) atoms. The van der Waals surface area contributed by atoms with Gasteiger partial charge in [-0.2, -0.15) is 0 Å². The fourth-order valence-corrected chi connectivity index (χ4v) is 6.66. The Labute approximate surface area is 313 Å². The molecule has 2 aromatic carbocycles. The van der Waals surface area contributed by atoms with Gasteiger partial charge in [0.15, 0.2) is 11.5 Å². The normalized spacial score (nSPS) is 21.0. The molecule has 2 aliphatic carbocycles. The van der Waals surface area contributed by atoms with Crippen LogP contribution in [0.5, 0.6) is 11.5 Å². The summed E-state index contributed by atoms with van der Waals surface area (Å²) in [4.78, 5) is 52.2. The van der Waals surface area contributed by atoms with E-state index in [2.05, 4.69) is 5.32 Å². The van der Waals surface area contributed by atoms with Crippen molar-refractivity contribution in [1.82, 2.24) is 5.32 Å². The van der Waals surface area contributed by atoms with Crippen molar-refractivity contribution in [3.63, 3.8) is 0 Å². The molecule has 2 saturated carbocycles. The van der Waals surface area contributed by atoms with Gasteiger partial charge in [0.05, 0.1) is 6.10 Å². The third kappa shape index (κ3) is 11.4. The Balaban J connectivity index is 1.23. The van der Waals surface area contributed by atoms with Crippen LogP contribution in [-0.2, 0) is 44.4 Å². The second-order valence-electron chi connectivity index (χ2n) is 13.6. The van der Waals surface area contributed by atoms with Crippen molar-refractivity contribution in [3.05, 3.63) is 58.6 Å². The highest BCUT2D eigenvalue weighted by molar-refractivity contribution is 6.30. The minimum atomic E-state index is -2.85. The molecule has 0 radical (unpaired) electrons. The average molecular weight is 762 g/mol. The number of hydrogen-bond acceptors (Lipinski definition) is 14. The zero-order valence-electron chi connectivity index (χ0n) is 30.2. The molecule has 0 amide bonds. The van der Waals surface area contributed by atoms with E-state index >= 15 is 0 Å². The maximum absolute atomic E-state index is 13.7. The number of carbonyl (C=O) groups excluding carboxylic acids is 4. The van der Waals surface area contributed by atoms with E-state index in [-0.39, 0.29) is 36.3 Å². The Morgan fingerprint density at radius 3 is 1.87 bits per heavy atom. The van der Waals surface area contributed by atoms with Crippen LogP contribution in [0, 0.1) is 0 Å². The molecule has 290 valence electrons. The van der Waals surface area contributed by atoms with Crippen LogP contribution in [0.15, 0.2) is 42.5 Å². The lowest BCUT2D eigenvalue weighted by Crippen LogP contribution is -2.57. The molecule has 0 saturated heterocycles. The molecule has 2 unspecified atom stereocenters. The van der Waals surface area contributed by atoms with Crippen LogP contribution < -0.4 is 14.8 Å². The fraction of sp³-hybridized carbons (Fsp3) is 0.579. The SMILES string of the molecule is CC(OC(=O)OC1CCCCC1)OC(=O)C1(C(=O)OC(C)OC(=O)OC2CCCCC2)Oc2ccc(C[C@@H](C)NC[C@H](O)c3cccc(Cl)c3)cc2O1. The van der Waals surface area contributed by atoms with Crippen molar-refractivity contribution in [2.24, 2.45) is 0 Å². The molecule has 1 heterocycles. The van der Waals surface area contributed by atoms with Gasteiger partial charge in [0.25, 0.3) is 0 Å². The van der Waals surface area contributed by atoms with Crippen molar-refractivity contribution < 1.29 is 62.2 Å². The molecule has 14 nitrogen and oxygen atoms in total. The molecule has 4 atom stereocenters. The van der Waals surface area contributed by atoms with E-state index in [4.69, 9.17) is 49.5 Å². The molecule has 2 fully saturated rings. The number of benzene rings is 2. The van der Waals surface area contributed by atoms with Crippen LogP contribution in [-0.4, -0.2) is 72.5 Å². The van der Waals surface area contributed by atoms with Gasteiger partial charge in [-0.1, -0.05) is 42.6 Å². The maximum Gasteiger partial charge on any atom is 0.511 e. The molecule has 1 aliphatic heterocycles. The van der Waals surface area contributed by atoms with Gasteiger partial charge in [0.1, 0.15) is 12.2 Å². The monoisotopic (exact) mass is 761 g/mol. The summed E-state index contributed by atoms with van der Waals surface area (Å²) in [6, 6.07) is 11.7. The summed E-state index contributed by atoms with van der Waals surface area (Å²) in [5.41, 5.74) is 1.42. The first-order chi connectivity index (χ1) is 25.4. The zero-order valence-corrected chi connectivity index (χ0v) is 31.0. The summed E-state index contributed by atoms with van der Waals surface area (Å²) < 4.78 is 43.3. The maximum atomic E-state index is 13.7. The number of carbonyl (C=O) groups is 4. The second kappa shape index (κ2) is 18.7. The van der Waals surface area contributed by atoms with E-state index < -0.39 is 48.7 Å². The first kappa shape index (κ1) is 39.9. The Hall–Kier alpha value is -4.27. The van der Waals surface area contributed by atoms with Crippen molar-refractivity contribution in [2.45, 2.75) is 134 Å². The van der Waals surface area contributed by atoms with Crippen LogP contribution >= 0.6 is 11.6 Å². The van der Waals surface area contributed by atoms with Gasteiger partial charge in [0, 0.05) is 31.5 Å². The number of hydrogen-bond donors (Lipinski definition) is 2. The van der Waals surface area contributed by atoms with Gasteiger partial charge >= 0.3 is 30.0 Å². The molecule has 0 spiro atoms. The van der Waals surface area contributed by atoms with Crippen LogP contribution in [0.2, 0.25) is 5.02 Å². The van der Waals surface area contributed by atoms with Gasteiger partial charge in [0.2, 0.25) is 12.6 Å². The van der Waals surface area contributed by atoms with Gasteiger partial charge in [-0.15, -0.1) is 0 Å². The van der Waals surface area contributed by atoms with Crippen molar-refractivity contribution in [2.75, 3.05) is 6.54 Å². The first-order valence-electron chi connectivity index (χ1n) is 18.2. The van der Waals surface area contributed by atoms with E-state index in [0.29, 0.717) is 42.7 Å². The highest BCUT2D eigenvalue weighted by atomic mass is 35.5. The van der Waals surface area contributed by atoms with Gasteiger partial charge in [-0.05, 0) is 100 Å². The first-order valence-corrected chi connectivity index (χ1v) is 18.6. The van der Waals surface area contributed by atoms with E-state index in [1.165, 1.54) is 19.9 Å². The summed E-state index contributed by atoms with van der Waals surface area (Å²) >= 11 is 6.06. The molecule has 15 heteroatoms. The lowest BCUT2D eigenvalue weighted by Gasteiger charge is -2.27. The van der Waals surface area contributed by atoms with Crippen LogP contribution in [0.4, 0.5) is 9.59 Å². The minimum Gasteiger partial charge on any atom is -0.431 e. The smallest absolute Gasteiger partial charge is 0.431 e. The summed E-state index contributed by atoms with van der Waals surface area (Å²) in [5.74, 6) is -5.57. The zero-order chi connectivity index (χ0) is 38.0. The van der Waals surface area contributed by atoms with E-state index in [9.17, 15) is 24.3 Å². The summed E-state index contributed by atoms with van der Waals surface area (Å²) in [5, 5.41) is 14.4. The lowest BCUT2D eigenvalue weighted by molar-refractivity contribution is -0.224. The van der Waals surface area contributed by atoms with E-state index in [1.54, 1.807) is 36.4 Å². The predicted molar refractivity (Wildman–Crippen MR) is 188 cm³/mol. The number of aliphatic hydroxyl groups is 1. The minimum absolute atomic E-state index is 0.0233. The summed E-state index contributed by atoms with van der Waals surface area (Å²) in [6.45, 7) is 4.72. The third-order valence-electron chi connectivity index (χ3n) is 9.19. The number of rotatable bonds is 14. The van der Waals surface area contributed by atoms with Crippen LogP contribution in [0.25, 0.3) is 0 Å². The number of ether oxygens (including phenoxy) is 8. The summed E-state index contributed by atoms with van der Waals surface area (Å²) in [7, 11) is 0. The van der Waals surface area contributed by atoms with E-state index in [0.717, 1.165) is 44.1 Å². The fourth-order valence-electron chi connectivity index (χ4n) is 6.46. The van der Waals surface area contributed by atoms with Crippen molar-refractivity contribution in [1.29, 1.82) is 0 Å². The molecular formula is C38H48ClNO13. The molecule has 0 aromatic heterocycles. The highest BCUT2D eigenvalue weighted by Crippen LogP contribution is 2.42.